The van der Waals surface area contributed by atoms with Gasteiger partial charge in [-0.2, -0.15) is 13.2 Å². The predicted octanol–water partition coefficient (Wildman–Crippen LogP) is 3.62. The number of aromatic nitrogens is 2. The summed E-state index contributed by atoms with van der Waals surface area (Å²) in [6.07, 6.45) is -10.1. The molecule has 42 heavy (non-hydrogen) atoms. The molecule has 1 aliphatic rings. The van der Waals surface area contributed by atoms with E-state index < -0.39 is 60.7 Å². The number of aromatic amines is 1. The van der Waals surface area contributed by atoms with Crippen LogP contribution in [0.4, 0.5) is 22.0 Å². The maximum Gasteiger partial charge on any atom is 0.435 e. The summed E-state index contributed by atoms with van der Waals surface area (Å²) in [5.74, 6) is -5.42. The number of nitrogens with zero attached hydrogens (tertiary/aromatic N) is 1. The van der Waals surface area contributed by atoms with Gasteiger partial charge < -0.3 is 28.4 Å². The molecule has 2 N–H and O–H groups in total. The summed E-state index contributed by atoms with van der Waals surface area (Å²) < 4.78 is 105. The summed E-state index contributed by atoms with van der Waals surface area (Å²) in [7, 11) is 2.82. The summed E-state index contributed by atoms with van der Waals surface area (Å²) in [6, 6.07) is 11.4. The highest BCUT2D eigenvalue weighted by molar-refractivity contribution is 8.07. The van der Waals surface area contributed by atoms with Gasteiger partial charge in [-0.15, -0.1) is 0 Å². The molecule has 18 heteroatoms. The Hall–Kier alpha value is -3.50. The quantitative estimate of drug-likeness (QED) is 0.237. The minimum atomic E-state index is -4.62. The van der Waals surface area contributed by atoms with Gasteiger partial charge in [-0.25, -0.2) is 13.6 Å². The number of ether oxygens (including phenoxy) is 3. The molecule has 0 saturated carbocycles. The van der Waals surface area contributed by atoms with Gasteiger partial charge in [-0.1, -0.05) is 0 Å². The third kappa shape index (κ3) is 6.15. The Kier molecular flexibility index (Phi) is 8.99. The molecule has 0 unspecified atom stereocenters. The summed E-state index contributed by atoms with van der Waals surface area (Å²) >= 11 is 5.40. The predicted molar refractivity (Wildman–Crippen MR) is 139 cm³/mol. The van der Waals surface area contributed by atoms with Crippen molar-refractivity contribution >= 4 is 18.5 Å². The first kappa shape index (κ1) is 31.4. The van der Waals surface area contributed by atoms with Crippen LogP contribution in [-0.2, 0) is 21.1 Å². The highest BCUT2D eigenvalue weighted by atomic mass is 32.5. The van der Waals surface area contributed by atoms with E-state index in [1.807, 2.05) is 0 Å². The number of rotatable bonds is 11. The smallest absolute Gasteiger partial charge is 0.435 e. The van der Waals surface area contributed by atoms with Crippen LogP contribution in [0.15, 0.2) is 64.3 Å². The van der Waals surface area contributed by atoms with E-state index in [2.05, 4.69) is 0 Å². The van der Waals surface area contributed by atoms with E-state index in [0.717, 1.165) is 0 Å². The number of halogens is 5. The van der Waals surface area contributed by atoms with Crippen molar-refractivity contribution in [2.24, 2.45) is 0 Å². The minimum absolute atomic E-state index is 0.0186. The average molecular weight is 640 g/mol. The second kappa shape index (κ2) is 12.0. The second-order valence-corrected chi connectivity index (χ2v) is 11.6. The molecule has 11 nitrogen and oxygen atoms in total. The normalized spacial score (nSPS) is 21.7. The lowest BCUT2D eigenvalue weighted by Crippen LogP contribution is -2.54. The highest BCUT2D eigenvalue weighted by Crippen LogP contribution is 2.55. The van der Waals surface area contributed by atoms with Gasteiger partial charge in [0.15, 0.2) is 11.7 Å². The van der Waals surface area contributed by atoms with Crippen LogP contribution < -0.4 is 29.8 Å². The number of alkyl halides is 4. The Bertz CT molecular complexity index is 1520. The zero-order chi connectivity index (χ0) is 30.9. The van der Waals surface area contributed by atoms with Gasteiger partial charge in [0.25, 0.3) is 12.0 Å². The maximum atomic E-state index is 15.2. The van der Waals surface area contributed by atoms with Crippen molar-refractivity contribution in [3.8, 4) is 23.0 Å². The highest BCUT2D eigenvalue weighted by Gasteiger charge is 2.71. The van der Waals surface area contributed by atoms with Crippen molar-refractivity contribution in [2.45, 2.75) is 30.3 Å². The van der Waals surface area contributed by atoms with Crippen molar-refractivity contribution in [3.05, 3.63) is 81.4 Å². The molecule has 0 spiro atoms. The number of methoxy groups -OCH3 is 2. The summed E-state index contributed by atoms with van der Waals surface area (Å²) in [4.78, 5) is 24.9. The monoisotopic (exact) mass is 640 g/mol. The number of H-pyrrole nitrogens is 1. The topological polar surface area (TPSA) is 130 Å². The molecular formula is C24H22F5N2O9PS. The lowest BCUT2D eigenvalue weighted by Gasteiger charge is -2.32. The van der Waals surface area contributed by atoms with Gasteiger partial charge >= 0.3 is 18.3 Å². The fourth-order valence-corrected chi connectivity index (χ4v) is 5.76. The lowest BCUT2D eigenvalue weighted by atomic mass is 9.96. The molecule has 0 bridgehead atoms. The Morgan fingerprint density at radius 3 is 1.93 bits per heavy atom. The van der Waals surface area contributed by atoms with Gasteiger partial charge in [-0.3, -0.25) is 18.9 Å². The van der Waals surface area contributed by atoms with E-state index in [0.29, 0.717) is 11.5 Å². The Balaban J connectivity index is 1.69. The fourth-order valence-electron chi connectivity index (χ4n) is 3.82. The first-order chi connectivity index (χ1) is 19.7. The molecule has 3 atom stereocenters. The number of benzene rings is 2. The minimum Gasteiger partial charge on any atom is -0.497 e. The fraction of sp³-hybridized carbons (Fsp3) is 0.333. The third-order valence-corrected chi connectivity index (χ3v) is 8.11. The van der Waals surface area contributed by atoms with Crippen LogP contribution >= 0.6 is 6.72 Å². The molecule has 0 aliphatic carbocycles. The largest absolute Gasteiger partial charge is 0.497 e. The molecule has 0 radical (unpaired) electrons. The number of nitrogens with one attached hydrogen (secondary N) is 1. The van der Waals surface area contributed by atoms with Crippen LogP contribution in [-0.4, -0.2) is 59.5 Å². The van der Waals surface area contributed by atoms with Gasteiger partial charge in [0.05, 0.1) is 27.0 Å². The SMILES string of the molecule is COc1ccc(OP(=S)(OC[C@@]2(C(F)F)O[C@@H](n3cc(F)c(=O)[nH]c3=O)C(F)(F)[C@@H]2O)Oc2ccc(OC)cc2)cc1. The van der Waals surface area contributed by atoms with Crippen LogP contribution in [0.2, 0.25) is 0 Å². The first-order valence-electron chi connectivity index (χ1n) is 11.7. The molecule has 4 rings (SSSR count). The zero-order valence-corrected chi connectivity index (χ0v) is 23.3. The van der Waals surface area contributed by atoms with E-state index >= 15 is 8.78 Å². The molecule has 2 heterocycles. The second-order valence-electron chi connectivity index (χ2n) is 8.70. The van der Waals surface area contributed by atoms with E-state index in [1.54, 1.807) is 0 Å². The molecular weight excluding hydrogens is 618 g/mol. The molecule has 1 aliphatic heterocycles. The molecule has 1 fully saturated rings. The standard InChI is InChI=1S/C24H22F5N2O9PS/c1-35-13-3-7-15(8-4-13)39-41(42,40-16-9-5-14(36-2)6-10-16)37-12-23(20(26)27)19(33)24(28,29)21(38-23)31-11-17(25)18(32)30-22(31)34/h3-11,19-21,33H,12H2,1-2H3,(H,30,32,34)/t19-,21-,23-/m1/s1. The third-order valence-electron chi connectivity index (χ3n) is 6.04. The summed E-state index contributed by atoms with van der Waals surface area (Å²) in [6.45, 7) is -5.76. The van der Waals surface area contributed by atoms with Gasteiger partial charge in [0, 0.05) is 11.8 Å². The number of aliphatic hydroxyl groups is 1. The number of hydrogen-bond acceptors (Lipinski definition) is 10. The summed E-state index contributed by atoms with van der Waals surface area (Å²) in [5.41, 5.74) is -6.69. The van der Waals surface area contributed by atoms with E-state index in [9.17, 15) is 27.9 Å². The molecule has 0 amide bonds. The van der Waals surface area contributed by atoms with E-state index in [1.165, 1.54) is 67.7 Å². The number of aliphatic hydroxyl groups excluding tert-OH is 1. The van der Waals surface area contributed by atoms with Gasteiger partial charge in [-0.05, 0) is 48.5 Å². The lowest BCUT2D eigenvalue weighted by molar-refractivity contribution is -0.192. The van der Waals surface area contributed by atoms with Crippen LogP contribution in [0.25, 0.3) is 0 Å². The van der Waals surface area contributed by atoms with Crippen LogP contribution in [0.1, 0.15) is 6.23 Å². The molecule has 228 valence electrons. The zero-order valence-electron chi connectivity index (χ0n) is 21.5. The Morgan fingerprint density at radius 2 is 1.48 bits per heavy atom. The van der Waals surface area contributed by atoms with Gasteiger partial charge in [0.1, 0.15) is 23.0 Å². The van der Waals surface area contributed by atoms with Crippen molar-refractivity contribution in [2.75, 3.05) is 20.8 Å². The number of hydrogen-bond donors (Lipinski definition) is 2. The van der Waals surface area contributed by atoms with Crippen LogP contribution in [0.5, 0.6) is 23.0 Å². The maximum absolute atomic E-state index is 15.2. The molecule has 2 aromatic carbocycles. The van der Waals surface area contributed by atoms with Crippen molar-refractivity contribution < 1.29 is 54.8 Å². The van der Waals surface area contributed by atoms with Crippen molar-refractivity contribution in [1.29, 1.82) is 0 Å². The average Bonchev–Trinajstić information content (AvgIpc) is 3.16. The summed E-state index contributed by atoms with van der Waals surface area (Å²) in [5, 5.41) is 10.4. The van der Waals surface area contributed by atoms with Crippen LogP contribution in [0.3, 0.4) is 0 Å². The first-order valence-corrected chi connectivity index (χ1v) is 14.2. The Morgan fingerprint density at radius 1 is 1.00 bits per heavy atom. The van der Waals surface area contributed by atoms with Crippen molar-refractivity contribution in [3.63, 3.8) is 0 Å². The molecule has 3 aromatic rings. The molecule has 1 aromatic heterocycles. The van der Waals surface area contributed by atoms with Gasteiger partial charge in [0.2, 0.25) is 12.0 Å². The van der Waals surface area contributed by atoms with E-state index in [-0.39, 0.29) is 22.3 Å². The van der Waals surface area contributed by atoms with E-state index in [4.69, 9.17) is 39.6 Å². The van der Waals surface area contributed by atoms with Crippen molar-refractivity contribution in [1.82, 2.24) is 9.55 Å². The molecule has 1 saturated heterocycles. The van der Waals surface area contributed by atoms with Crippen LogP contribution in [0, 0.1) is 5.82 Å². The Labute approximate surface area is 238 Å².